The summed E-state index contributed by atoms with van der Waals surface area (Å²) < 4.78 is 0. The summed E-state index contributed by atoms with van der Waals surface area (Å²) in [5, 5.41) is 12.6. The van der Waals surface area contributed by atoms with Crippen LogP contribution in [-0.4, -0.2) is 17.0 Å². The molecule has 2 aromatic carbocycles. The standard InChI is InChI=1S/C25H30N4/c1-3-12-21(13-4-1)26-27-24-17-9-10-18-25(24)19-20-11-7-8-16-23(20)28-29(25)22-14-5-2-6-15-22/h1-6,12-15,20,26H,7-11,16-19H2/b27-24-. The van der Waals surface area contributed by atoms with Crippen molar-refractivity contribution >= 4 is 22.8 Å². The fourth-order valence-corrected chi connectivity index (χ4v) is 5.35. The summed E-state index contributed by atoms with van der Waals surface area (Å²) in [6.45, 7) is 0. The van der Waals surface area contributed by atoms with Crippen molar-refractivity contribution in [2.75, 3.05) is 10.4 Å². The van der Waals surface area contributed by atoms with E-state index in [0.29, 0.717) is 5.92 Å². The fourth-order valence-electron chi connectivity index (χ4n) is 5.35. The molecule has 4 nitrogen and oxygen atoms in total. The molecule has 2 atom stereocenters. The second kappa shape index (κ2) is 8.02. The van der Waals surface area contributed by atoms with Crippen molar-refractivity contribution in [3.63, 3.8) is 0 Å². The number of hydrazone groups is 2. The Morgan fingerprint density at radius 1 is 0.897 bits per heavy atom. The molecular weight excluding hydrogens is 356 g/mol. The van der Waals surface area contributed by atoms with Crippen molar-refractivity contribution in [1.82, 2.24) is 0 Å². The lowest BCUT2D eigenvalue weighted by Crippen LogP contribution is -2.59. The Bertz CT molecular complexity index is 890. The van der Waals surface area contributed by atoms with E-state index < -0.39 is 0 Å². The molecule has 29 heavy (non-hydrogen) atoms. The highest BCUT2D eigenvalue weighted by molar-refractivity contribution is 6.01. The summed E-state index contributed by atoms with van der Waals surface area (Å²) in [5.41, 5.74) is 8.15. The van der Waals surface area contributed by atoms with Crippen LogP contribution in [0.1, 0.15) is 57.8 Å². The van der Waals surface area contributed by atoms with Crippen LogP contribution in [0.5, 0.6) is 0 Å². The summed E-state index contributed by atoms with van der Waals surface area (Å²) in [4.78, 5) is 0. The normalized spacial score (nSPS) is 28.1. The molecule has 5 rings (SSSR count). The van der Waals surface area contributed by atoms with Crippen LogP contribution in [0.4, 0.5) is 11.4 Å². The number of hydrogen-bond acceptors (Lipinski definition) is 4. The lowest BCUT2D eigenvalue weighted by molar-refractivity contribution is 0.323. The third-order valence-corrected chi connectivity index (χ3v) is 6.81. The van der Waals surface area contributed by atoms with Gasteiger partial charge in [-0.05, 0) is 69.2 Å². The quantitative estimate of drug-likeness (QED) is 0.636. The highest BCUT2D eigenvalue weighted by Gasteiger charge is 2.49. The van der Waals surface area contributed by atoms with Crippen molar-refractivity contribution in [2.45, 2.75) is 63.3 Å². The zero-order valence-electron chi connectivity index (χ0n) is 17.1. The van der Waals surface area contributed by atoms with E-state index in [4.69, 9.17) is 10.2 Å². The molecule has 0 radical (unpaired) electrons. The molecule has 2 fully saturated rings. The summed E-state index contributed by atoms with van der Waals surface area (Å²) >= 11 is 0. The molecular formula is C25H30N4. The number of nitrogens with one attached hydrogen (secondary N) is 1. The van der Waals surface area contributed by atoms with Gasteiger partial charge in [-0.3, -0.25) is 10.4 Å². The summed E-state index contributed by atoms with van der Waals surface area (Å²) in [6, 6.07) is 21.0. The number of benzene rings is 2. The van der Waals surface area contributed by atoms with Gasteiger partial charge in [0.2, 0.25) is 0 Å². The van der Waals surface area contributed by atoms with E-state index in [9.17, 15) is 0 Å². The molecule has 1 heterocycles. The average Bonchev–Trinajstić information content (AvgIpc) is 2.79. The van der Waals surface area contributed by atoms with Gasteiger partial charge in [-0.2, -0.15) is 10.2 Å². The Hall–Kier alpha value is -2.62. The Morgan fingerprint density at radius 2 is 1.66 bits per heavy atom. The summed E-state index contributed by atoms with van der Waals surface area (Å²) in [5.74, 6) is 0.615. The third-order valence-electron chi connectivity index (χ3n) is 6.81. The van der Waals surface area contributed by atoms with E-state index in [1.165, 1.54) is 49.2 Å². The van der Waals surface area contributed by atoms with Crippen LogP contribution in [0.15, 0.2) is 70.9 Å². The van der Waals surface area contributed by atoms with E-state index in [-0.39, 0.29) is 5.54 Å². The van der Waals surface area contributed by atoms with Crippen molar-refractivity contribution in [3.05, 3.63) is 60.7 Å². The maximum Gasteiger partial charge on any atom is 0.104 e. The van der Waals surface area contributed by atoms with Crippen LogP contribution < -0.4 is 10.4 Å². The molecule has 0 amide bonds. The van der Waals surface area contributed by atoms with Gasteiger partial charge >= 0.3 is 0 Å². The van der Waals surface area contributed by atoms with Gasteiger partial charge in [-0.15, -0.1) is 0 Å². The highest BCUT2D eigenvalue weighted by Crippen LogP contribution is 2.45. The Morgan fingerprint density at radius 3 is 2.48 bits per heavy atom. The number of anilines is 2. The number of fused-ring (bicyclic) bond motifs is 1. The molecule has 1 aliphatic heterocycles. The van der Waals surface area contributed by atoms with Crippen LogP contribution >= 0.6 is 0 Å². The summed E-state index contributed by atoms with van der Waals surface area (Å²) in [7, 11) is 0. The molecule has 3 aliphatic rings. The Balaban J connectivity index is 1.56. The first-order chi connectivity index (χ1) is 14.4. The van der Waals surface area contributed by atoms with Gasteiger partial charge in [-0.25, -0.2) is 0 Å². The Labute approximate surface area is 173 Å². The third kappa shape index (κ3) is 3.57. The monoisotopic (exact) mass is 386 g/mol. The van der Waals surface area contributed by atoms with Crippen LogP contribution in [-0.2, 0) is 0 Å². The largest absolute Gasteiger partial charge is 0.278 e. The molecule has 2 aromatic rings. The zero-order valence-corrected chi connectivity index (χ0v) is 17.1. The first-order valence-electron chi connectivity index (χ1n) is 11.2. The number of nitrogens with zero attached hydrogens (tertiary/aromatic N) is 3. The van der Waals surface area contributed by atoms with Gasteiger partial charge < -0.3 is 0 Å². The predicted octanol–water partition coefficient (Wildman–Crippen LogP) is 6.22. The first kappa shape index (κ1) is 18.4. The average molecular weight is 387 g/mol. The second-order valence-electron chi connectivity index (χ2n) is 8.66. The molecule has 4 heteroatoms. The van der Waals surface area contributed by atoms with Crippen molar-refractivity contribution in [1.29, 1.82) is 0 Å². The molecule has 0 saturated heterocycles. The van der Waals surface area contributed by atoms with Crippen LogP contribution in [0.2, 0.25) is 0 Å². The second-order valence-corrected chi connectivity index (χ2v) is 8.66. The van der Waals surface area contributed by atoms with Crippen LogP contribution in [0, 0.1) is 5.92 Å². The van der Waals surface area contributed by atoms with Crippen molar-refractivity contribution in [2.24, 2.45) is 16.1 Å². The molecule has 0 aromatic heterocycles. The molecule has 2 saturated carbocycles. The van der Waals surface area contributed by atoms with E-state index in [1.54, 1.807) is 0 Å². The molecule has 2 unspecified atom stereocenters. The summed E-state index contributed by atoms with van der Waals surface area (Å²) in [6.07, 6.45) is 10.8. The highest BCUT2D eigenvalue weighted by atomic mass is 15.5. The topological polar surface area (TPSA) is 40.0 Å². The smallest absolute Gasteiger partial charge is 0.104 e. The van der Waals surface area contributed by atoms with E-state index in [2.05, 4.69) is 65.0 Å². The van der Waals surface area contributed by atoms with Gasteiger partial charge in [0.15, 0.2) is 0 Å². The fraction of sp³-hybridized carbons (Fsp3) is 0.440. The number of para-hydroxylation sites is 2. The minimum Gasteiger partial charge on any atom is -0.278 e. The molecule has 1 N–H and O–H groups in total. The van der Waals surface area contributed by atoms with Gasteiger partial charge in [-0.1, -0.05) is 49.2 Å². The molecule has 150 valence electrons. The zero-order chi connectivity index (χ0) is 19.5. The van der Waals surface area contributed by atoms with Gasteiger partial charge in [0.1, 0.15) is 5.54 Å². The van der Waals surface area contributed by atoms with Gasteiger partial charge in [0.25, 0.3) is 0 Å². The lowest BCUT2D eigenvalue weighted by atomic mass is 9.69. The maximum absolute atomic E-state index is 5.30. The maximum atomic E-state index is 5.30. The van der Waals surface area contributed by atoms with E-state index >= 15 is 0 Å². The predicted molar refractivity (Wildman–Crippen MR) is 122 cm³/mol. The first-order valence-corrected chi connectivity index (χ1v) is 11.2. The SMILES string of the molecule is c1ccc(N/N=C2/CCCCC23CC2CCCCC2=NN3c2ccccc2)cc1. The van der Waals surface area contributed by atoms with Crippen molar-refractivity contribution < 1.29 is 0 Å². The minimum atomic E-state index is -0.104. The van der Waals surface area contributed by atoms with Gasteiger partial charge in [0, 0.05) is 11.6 Å². The Kier molecular flexibility index (Phi) is 5.09. The van der Waals surface area contributed by atoms with E-state index in [0.717, 1.165) is 31.4 Å². The van der Waals surface area contributed by atoms with Gasteiger partial charge in [0.05, 0.1) is 17.1 Å². The number of rotatable bonds is 3. The molecule has 1 spiro atoms. The van der Waals surface area contributed by atoms with Crippen LogP contribution in [0.25, 0.3) is 0 Å². The van der Waals surface area contributed by atoms with Crippen molar-refractivity contribution in [3.8, 4) is 0 Å². The molecule has 2 aliphatic carbocycles. The minimum absolute atomic E-state index is 0.104. The number of hydrogen-bond donors (Lipinski definition) is 1. The molecule has 0 bridgehead atoms. The van der Waals surface area contributed by atoms with E-state index in [1.807, 2.05) is 6.07 Å². The lowest BCUT2D eigenvalue weighted by Gasteiger charge is -2.51. The van der Waals surface area contributed by atoms with Crippen LogP contribution in [0.3, 0.4) is 0 Å².